The van der Waals surface area contributed by atoms with E-state index in [4.69, 9.17) is 10.5 Å². The molecule has 0 spiro atoms. The lowest BCUT2D eigenvalue weighted by atomic mass is 10.2. The van der Waals surface area contributed by atoms with Gasteiger partial charge in [0.05, 0.1) is 12.3 Å². The zero-order chi connectivity index (χ0) is 15.4. The molecule has 0 saturated carbocycles. The molecule has 2 aromatic rings. The molecule has 3 N–H and O–H groups in total. The zero-order valence-corrected chi connectivity index (χ0v) is 13.2. The fraction of sp³-hybridized carbons (Fsp3) is 0.462. The molecular weight excluding hydrogens is 290 g/mol. The number of nitrogens with zero attached hydrogens (tertiary/aromatic N) is 3. The van der Waals surface area contributed by atoms with Crippen LogP contribution in [-0.4, -0.2) is 26.7 Å². The SMILES string of the molecule is CCOC(=O)c1c(N)nsc1NCc1cn(C)nc1CC. The van der Waals surface area contributed by atoms with Gasteiger partial charge in [0.1, 0.15) is 10.6 Å². The van der Waals surface area contributed by atoms with Crippen molar-refractivity contribution in [2.24, 2.45) is 7.05 Å². The number of aryl methyl sites for hydroxylation is 2. The van der Waals surface area contributed by atoms with Crippen molar-refractivity contribution in [2.45, 2.75) is 26.8 Å². The molecule has 7 nitrogen and oxygen atoms in total. The third-order valence-corrected chi connectivity index (χ3v) is 3.78. The first kappa shape index (κ1) is 15.3. The van der Waals surface area contributed by atoms with Gasteiger partial charge in [-0.3, -0.25) is 4.68 Å². The molecule has 0 aliphatic rings. The van der Waals surface area contributed by atoms with E-state index in [-0.39, 0.29) is 5.82 Å². The first-order valence-electron chi connectivity index (χ1n) is 6.74. The van der Waals surface area contributed by atoms with E-state index >= 15 is 0 Å². The Morgan fingerprint density at radius 2 is 2.29 bits per heavy atom. The largest absolute Gasteiger partial charge is 0.462 e. The summed E-state index contributed by atoms with van der Waals surface area (Å²) in [5, 5.41) is 8.20. The minimum Gasteiger partial charge on any atom is -0.462 e. The van der Waals surface area contributed by atoms with E-state index in [1.54, 1.807) is 11.6 Å². The Kier molecular flexibility index (Phi) is 4.79. The highest BCUT2D eigenvalue weighted by atomic mass is 32.1. The molecule has 114 valence electrons. The fourth-order valence-corrected chi connectivity index (χ4v) is 2.72. The molecular formula is C13H19N5O2S. The van der Waals surface area contributed by atoms with Crippen LogP contribution in [0.1, 0.15) is 35.5 Å². The highest BCUT2D eigenvalue weighted by molar-refractivity contribution is 7.11. The zero-order valence-electron chi connectivity index (χ0n) is 12.3. The van der Waals surface area contributed by atoms with Crippen molar-refractivity contribution >= 4 is 28.3 Å². The summed E-state index contributed by atoms with van der Waals surface area (Å²) in [4.78, 5) is 11.9. The predicted octanol–water partition coefficient (Wildman–Crippen LogP) is 1.81. The molecule has 0 radical (unpaired) electrons. The van der Waals surface area contributed by atoms with Crippen LogP contribution in [0.4, 0.5) is 10.8 Å². The number of carbonyl (C=O) groups is 1. The number of nitrogens with one attached hydrogen (secondary N) is 1. The lowest BCUT2D eigenvalue weighted by molar-refractivity contribution is 0.0529. The number of aromatic nitrogens is 3. The van der Waals surface area contributed by atoms with Gasteiger partial charge in [0.2, 0.25) is 0 Å². The van der Waals surface area contributed by atoms with Gasteiger partial charge < -0.3 is 15.8 Å². The second-order valence-electron chi connectivity index (χ2n) is 4.47. The summed E-state index contributed by atoms with van der Waals surface area (Å²) in [7, 11) is 1.89. The second-order valence-corrected chi connectivity index (χ2v) is 5.25. The van der Waals surface area contributed by atoms with Crippen molar-refractivity contribution < 1.29 is 9.53 Å². The van der Waals surface area contributed by atoms with Crippen LogP contribution >= 0.6 is 11.5 Å². The molecule has 0 atom stereocenters. The van der Waals surface area contributed by atoms with E-state index in [2.05, 4.69) is 21.7 Å². The van der Waals surface area contributed by atoms with Gasteiger partial charge >= 0.3 is 5.97 Å². The normalized spacial score (nSPS) is 10.6. The second kappa shape index (κ2) is 6.57. The number of hydrogen-bond acceptors (Lipinski definition) is 7. The highest BCUT2D eigenvalue weighted by Gasteiger charge is 2.20. The topological polar surface area (TPSA) is 95.1 Å². The Labute approximate surface area is 127 Å². The van der Waals surface area contributed by atoms with Crippen LogP contribution < -0.4 is 11.1 Å². The van der Waals surface area contributed by atoms with Gasteiger partial charge in [-0.15, -0.1) is 0 Å². The van der Waals surface area contributed by atoms with Crippen LogP contribution in [0, 0.1) is 0 Å². The Morgan fingerprint density at radius 1 is 1.52 bits per heavy atom. The van der Waals surface area contributed by atoms with Crippen molar-refractivity contribution in [1.82, 2.24) is 14.2 Å². The van der Waals surface area contributed by atoms with Gasteiger partial charge in [-0.2, -0.15) is 9.47 Å². The molecule has 2 aromatic heterocycles. The van der Waals surface area contributed by atoms with Gasteiger partial charge in [0.25, 0.3) is 0 Å². The Morgan fingerprint density at radius 3 is 2.95 bits per heavy atom. The number of ether oxygens (including phenoxy) is 1. The van der Waals surface area contributed by atoms with Gasteiger partial charge in [-0.05, 0) is 24.9 Å². The first-order chi connectivity index (χ1) is 10.1. The van der Waals surface area contributed by atoms with Crippen LogP contribution in [0.25, 0.3) is 0 Å². The fourth-order valence-electron chi connectivity index (χ4n) is 2.03. The standard InChI is InChI=1S/C13H19N5O2S/c1-4-9-8(7-18(3)16-9)6-15-12-10(11(14)17-21-12)13(19)20-5-2/h7,15H,4-6H2,1-3H3,(H2,14,17). The summed E-state index contributed by atoms with van der Waals surface area (Å²) in [6.45, 7) is 4.67. The van der Waals surface area contributed by atoms with E-state index in [1.807, 2.05) is 13.2 Å². The number of anilines is 2. The molecule has 8 heteroatoms. The third kappa shape index (κ3) is 3.33. The van der Waals surface area contributed by atoms with Gasteiger partial charge in [-0.1, -0.05) is 6.92 Å². The minimum atomic E-state index is -0.451. The van der Waals surface area contributed by atoms with Crippen molar-refractivity contribution in [3.63, 3.8) is 0 Å². The minimum absolute atomic E-state index is 0.197. The summed E-state index contributed by atoms with van der Waals surface area (Å²) in [6.07, 6.45) is 2.81. The van der Waals surface area contributed by atoms with E-state index in [0.29, 0.717) is 23.7 Å². The van der Waals surface area contributed by atoms with Crippen molar-refractivity contribution in [3.05, 3.63) is 23.0 Å². The van der Waals surface area contributed by atoms with E-state index in [1.165, 1.54) is 0 Å². The van der Waals surface area contributed by atoms with E-state index < -0.39 is 5.97 Å². The quantitative estimate of drug-likeness (QED) is 0.790. The molecule has 0 fully saturated rings. The molecule has 2 rings (SSSR count). The number of carbonyl (C=O) groups excluding carboxylic acids is 1. The van der Waals surface area contributed by atoms with Crippen LogP contribution in [0.5, 0.6) is 0 Å². The lowest BCUT2D eigenvalue weighted by Gasteiger charge is -2.06. The van der Waals surface area contributed by atoms with Crippen molar-refractivity contribution in [3.8, 4) is 0 Å². The van der Waals surface area contributed by atoms with Gasteiger partial charge in [0, 0.05) is 25.4 Å². The van der Waals surface area contributed by atoms with E-state index in [9.17, 15) is 4.79 Å². The maximum Gasteiger partial charge on any atom is 0.344 e. The smallest absolute Gasteiger partial charge is 0.344 e. The summed E-state index contributed by atoms with van der Waals surface area (Å²) < 4.78 is 10.8. The number of hydrogen-bond donors (Lipinski definition) is 2. The third-order valence-electron chi connectivity index (χ3n) is 2.96. The molecule has 0 amide bonds. The van der Waals surface area contributed by atoms with Crippen LogP contribution in [0.2, 0.25) is 0 Å². The maximum absolute atomic E-state index is 11.9. The maximum atomic E-state index is 11.9. The molecule has 21 heavy (non-hydrogen) atoms. The molecule has 0 saturated heterocycles. The number of esters is 1. The Bertz CT molecular complexity index is 635. The predicted molar refractivity (Wildman–Crippen MR) is 82.4 cm³/mol. The monoisotopic (exact) mass is 309 g/mol. The molecule has 0 aromatic carbocycles. The first-order valence-corrected chi connectivity index (χ1v) is 7.51. The number of nitrogens with two attached hydrogens (primary N) is 1. The average molecular weight is 309 g/mol. The Balaban J connectivity index is 2.15. The van der Waals surface area contributed by atoms with Gasteiger partial charge in [-0.25, -0.2) is 4.79 Å². The van der Waals surface area contributed by atoms with Crippen molar-refractivity contribution in [2.75, 3.05) is 17.7 Å². The lowest BCUT2D eigenvalue weighted by Crippen LogP contribution is -2.10. The molecule has 0 aliphatic carbocycles. The number of nitrogen functional groups attached to an aromatic ring is 1. The average Bonchev–Trinajstić information content (AvgIpc) is 2.99. The highest BCUT2D eigenvalue weighted by Crippen LogP contribution is 2.28. The van der Waals surface area contributed by atoms with Crippen LogP contribution in [0.3, 0.4) is 0 Å². The number of rotatable bonds is 6. The van der Waals surface area contributed by atoms with Crippen LogP contribution in [0.15, 0.2) is 6.20 Å². The Hall–Kier alpha value is -2.09. The van der Waals surface area contributed by atoms with Gasteiger partial charge in [0.15, 0.2) is 5.82 Å². The summed E-state index contributed by atoms with van der Waals surface area (Å²) in [5.41, 5.74) is 8.17. The summed E-state index contributed by atoms with van der Waals surface area (Å²) >= 11 is 1.16. The van der Waals surface area contributed by atoms with Crippen molar-refractivity contribution in [1.29, 1.82) is 0 Å². The molecule has 0 unspecified atom stereocenters. The molecule has 0 bridgehead atoms. The molecule has 2 heterocycles. The summed E-state index contributed by atoms with van der Waals surface area (Å²) in [5.74, 6) is -0.254. The van der Waals surface area contributed by atoms with E-state index in [0.717, 1.165) is 29.2 Å². The van der Waals surface area contributed by atoms with Crippen LogP contribution in [-0.2, 0) is 24.8 Å². The summed E-state index contributed by atoms with van der Waals surface area (Å²) in [6, 6.07) is 0. The molecule has 0 aliphatic heterocycles.